The van der Waals surface area contributed by atoms with Crippen LogP contribution in [0.4, 0.5) is 5.69 Å². The van der Waals surface area contributed by atoms with Crippen molar-refractivity contribution in [1.29, 1.82) is 0 Å². The number of hydrogen-bond donors (Lipinski definition) is 1. The van der Waals surface area contributed by atoms with Crippen LogP contribution < -0.4 is 0 Å². The Bertz CT molecular complexity index is 435. The third-order valence-electron chi connectivity index (χ3n) is 2.94. The standard InChI is InChI=1S/C14H18NO4/c16-15(17)13-8-6-12(7-9-13)4-3-11-19-14-5-1-2-10-18-14/h3-4,6-9,14H,1-2,5,10-11H2,(H,16,17)/q+1/b4-3+. The van der Waals surface area contributed by atoms with Crippen LogP contribution in [0.25, 0.3) is 6.08 Å². The van der Waals surface area contributed by atoms with E-state index in [0.717, 1.165) is 31.4 Å². The van der Waals surface area contributed by atoms with Gasteiger partial charge in [0.25, 0.3) is 4.92 Å². The molecule has 1 unspecified atom stereocenters. The van der Waals surface area contributed by atoms with Crippen molar-refractivity contribution in [1.82, 2.24) is 0 Å². The highest BCUT2D eigenvalue weighted by Gasteiger charge is 2.12. The topological polar surface area (TPSA) is 58.8 Å². The highest BCUT2D eigenvalue weighted by Crippen LogP contribution is 2.14. The summed E-state index contributed by atoms with van der Waals surface area (Å²) >= 11 is 0. The van der Waals surface area contributed by atoms with Crippen molar-refractivity contribution in [3.63, 3.8) is 0 Å². The number of benzene rings is 1. The van der Waals surface area contributed by atoms with E-state index in [1.54, 1.807) is 24.3 Å². The molecule has 1 aliphatic rings. The van der Waals surface area contributed by atoms with Crippen molar-refractivity contribution < 1.29 is 19.6 Å². The summed E-state index contributed by atoms with van der Waals surface area (Å²) in [6.07, 6.45) is 6.95. The summed E-state index contributed by atoms with van der Waals surface area (Å²) in [6.45, 7) is 1.28. The van der Waals surface area contributed by atoms with E-state index < -0.39 is 0 Å². The van der Waals surface area contributed by atoms with E-state index in [1.807, 2.05) is 12.2 Å². The molecule has 5 heteroatoms. The van der Waals surface area contributed by atoms with Crippen LogP contribution in [0.15, 0.2) is 30.3 Å². The minimum atomic E-state index is -0.156. The Kier molecular flexibility index (Phi) is 5.06. The molecule has 5 nitrogen and oxygen atoms in total. The van der Waals surface area contributed by atoms with Gasteiger partial charge in [0.05, 0.1) is 11.5 Å². The lowest BCUT2D eigenvalue weighted by molar-refractivity contribution is -0.729. The van der Waals surface area contributed by atoms with E-state index in [4.69, 9.17) is 14.7 Å². The van der Waals surface area contributed by atoms with Crippen molar-refractivity contribution in [2.24, 2.45) is 0 Å². The summed E-state index contributed by atoms with van der Waals surface area (Å²) in [5, 5.41) is 8.70. The zero-order valence-corrected chi connectivity index (χ0v) is 10.7. The van der Waals surface area contributed by atoms with Gasteiger partial charge in [-0.25, -0.2) is 5.21 Å². The summed E-state index contributed by atoms with van der Waals surface area (Å²) in [6, 6.07) is 6.61. The first-order valence-electron chi connectivity index (χ1n) is 6.41. The summed E-state index contributed by atoms with van der Waals surface area (Å²) in [7, 11) is 0. The van der Waals surface area contributed by atoms with E-state index in [2.05, 4.69) is 0 Å². The van der Waals surface area contributed by atoms with Gasteiger partial charge in [-0.3, -0.25) is 0 Å². The molecular formula is C14H18NO4+. The lowest BCUT2D eigenvalue weighted by Gasteiger charge is -2.21. The Labute approximate surface area is 112 Å². The van der Waals surface area contributed by atoms with Crippen LogP contribution in [0.5, 0.6) is 0 Å². The zero-order valence-electron chi connectivity index (χ0n) is 10.7. The van der Waals surface area contributed by atoms with Gasteiger partial charge < -0.3 is 9.47 Å². The van der Waals surface area contributed by atoms with Gasteiger partial charge in [-0.1, -0.05) is 12.2 Å². The van der Waals surface area contributed by atoms with E-state index >= 15 is 0 Å². The van der Waals surface area contributed by atoms with Crippen molar-refractivity contribution in [2.75, 3.05) is 13.2 Å². The smallest absolute Gasteiger partial charge is 0.316 e. The van der Waals surface area contributed by atoms with E-state index in [1.165, 1.54) is 0 Å². The van der Waals surface area contributed by atoms with Crippen molar-refractivity contribution in [2.45, 2.75) is 25.6 Å². The fourth-order valence-electron chi connectivity index (χ4n) is 1.90. The van der Waals surface area contributed by atoms with Crippen molar-refractivity contribution in [3.8, 4) is 0 Å². The van der Waals surface area contributed by atoms with Gasteiger partial charge in [-0.15, -0.1) is 0 Å². The Balaban J connectivity index is 1.76. The molecule has 0 aromatic heterocycles. The van der Waals surface area contributed by atoms with Gasteiger partial charge in [0.15, 0.2) is 6.29 Å². The maximum atomic E-state index is 10.6. The molecular weight excluding hydrogens is 246 g/mol. The Morgan fingerprint density at radius 1 is 1.37 bits per heavy atom. The molecule has 102 valence electrons. The maximum absolute atomic E-state index is 10.6. The first-order chi connectivity index (χ1) is 9.25. The molecule has 0 bridgehead atoms. The van der Waals surface area contributed by atoms with E-state index in [9.17, 15) is 4.91 Å². The molecule has 0 saturated carbocycles. The molecule has 1 atom stereocenters. The largest absolute Gasteiger partial charge is 0.353 e. The molecule has 1 fully saturated rings. The first kappa shape index (κ1) is 13.7. The molecule has 1 aromatic carbocycles. The van der Waals surface area contributed by atoms with Crippen LogP contribution in [-0.2, 0) is 9.47 Å². The third kappa shape index (κ3) is 4.46. The third-order valence-corrected chi connectivity index (χ3v) is 2.94. The second-order valence-electron chi connectivity index (χ2n) is 4.40. The molecule has 1 saturated heterocycles. The van der Waals surface area contributed by atoms with Crippen LogP contribution in [-0.4, -0.2) is 29.6 Å². The molecule has 1 N–H and O–H groups in total. The zero-order chi connectivity index (χ0) is 13.5. The second-order valence-corrected chi connectivity index (χ2v) is 4.40. The predicted molar refractivity (Wildman–Crippen MR) is 70.1 cm³/mol. The van der Waals surface area contributed by atoms with Crippen LogP contribution in [0, 0.1) is 4.91 Å². The molecule has 0 radical (unpaired) electrons. The fourth-order valence-corrected chi connectivity index (χ4v) is 1.90. The van der Waals surface area contributed by atoms with Gasteiger partial charge in [0.2, 0.25) is 0 Å². The van der Waals surface area contributed by atoms with Gasteiger partial charge in [0, 0.05) is 18.7 Å². The summed E-state index contributed by atoms with van der Waals surface area (Å²) < 4.78 is 11.0. The lowest BCUT2D eigenvalue weighted by atomic mass is 10.2. The normalized spacial score (nSPS) is 19.7. The van der Waals surface area contributed by atoms with E-state index in [-0.39, 0.29) is 16.9 Å². The highest BCUT2D eigenvalue weighted by molar-refractivity contribution is 5.51. The van der Waals surface area contributed by atoms with Crippen LogP contribution in [0.1, 0.15) is 24.8 Å². The molecule has 1 aromatic rings. The molecule has 0 spiro atoms. The van der Waals surface area contributed by atoms with Gasteiger partial charge in [-0.2, -0.15) is 0 Å². The molecule has 0 aliphatic carbocycles. The molecule has 2 rings (SSSR count). The first-order valence-corrected chi connectivity index (χ1v) is 6.41. The molecule has 0 amide bonds. The molecule has 1 aliphatic heterocycles. The maximum Gasteiger partial charge on any atom is 0.316 e. The van der Waals surface area contributed by atoms with Crippen molar-refractivity contribution >= 4 is 11.8 Å². The molecule has 1 heterocycles. The Morgan fingerprint density at radius 3 is 2.79 bits per heavy atom. The highest BCUT2D eigenvalue weighted by atomic mass is 16.7. The number of rotatable bonds is 5. The van der Waals surface area contributed by atoms with Gasteiger partial charge >= 0.3 is 5.69 Å². The monoisotopic (exact) mass is 264 g/mol. The van der Waals surface area contributed by atoms with Crippen LogP contribution in [0.2, 0.25) is 0 Å². The summed E-state index contributed by atoms with van der Waals surface area (Å²) in [5.41, 5.74) is 1.16. The minimum absolute atomic E-state index is 0.0795. The van der Waals surface area contributed by atoms with Crippen molar-refractivity contribution in [3.05, 3.63) is 40.8 Å². The predicted octanol–water partition coefficient (Wildman–Crippen LogP) is 3.04. The fraction of sp³-hybridized carbons (Fsp3) is 0.429. The average Bonchev–Trinajstić information content (AvgIpc) is 2.45. The average molecular weight is 264 g/mol. The van der Waals surface area contributed by atoms with Crippen LogP contribution in [0.3, 0.4) is 0 Å². The number of ether oxygens (including phenoxy) is 2. The molecule has 19 heavy (non-hydrogen) atoms. The number of nitrogens with zero attached hydrogens (tertiary/aromatic N) is 1. The Hall–Kier alpha value is -1.72. The second kappa shape index (κ2) is 7.01. The lowest BCUT2D eigenvalue weighted by Crippen LogP contribution is -2.22. The van der Waals surface area contributed by atoms with E-state index in [0.29, 0.717) is 6.61 Å². The SMILES string of the molecule is O=[N+](O)c1ccc(/C=C/COC2CCCCO2)cc1. The van der Waals surface area contributed by atoms with Crippen LogP contribution >= 0.6 is 0 Å². The minimum Gasteiger partial charge on any atom is -0.353 e. The Morgan fingerprint density at radius 2 is 2.16 bits per heavy atom. The number of hydrogen-bond acceptors (Lipinski definition) is 3. The summed E-state index contributed by atoms with van der Waals surface area (Å²) in [5.74, 6) is 0. The summed E-state index contributed by atoms with van der Waals surface area (Å²) in [4.78, 5) is 10.5. The van der Waals surface area contributed by atoms with Gasteiger partial charge in [-0.05, 0) is 37.0 Å². The quantitative estimate of drug-likeness (QED) is 0.830. The van der Waals surface area contributed by atoms with Gasteiger partial charge in [0.1, 0.15) is 0 Å².